The van der Waals surface area contributed by atoms with Crippen LogP contribution in [0.25, 0.3) is 0 Å². The van der Waals surface area contributed by atoms with Gasteiger partial charge >= 0.3 is 0 Å². The maximum Gasteiger partial charge on any atom is 0.265 e. The number of rotatable bonds is 5. The standard InChI is InChI=1S/C13H15N3O2S2/c1-14-12-7-8-15-9-13(12)20(17,18)16-10-3-5-11(19-2)6-4-10/h3-9,16H,1-2H3,(H,14,15). The Balaban J connectivity index is 2.30. The summed E-state index contributed by atoms with van der Waals surface area (Å²) in [6.45, 7) is 0. The Morgan fingerprint density at radius 3 is 2.45 bits per heavy atom. The molecule has 0 fully saturated rings. The number of aromatic nitrogens is 1. The van der Waals surface area contributed by atoms with Crippen LogP contribution in [0.1, 0.15) is 0 Å². The van der Waals surface area contributed by atoms with E-state index in [9.17, 15) is 8.42 Å². The fourth-order valence-corrected chi connectivity index (χ4v) is 3.29. The Morgan fingerprint density at radius 2 is 1.85 bits per heavy atom. The van der Waals surface area contributed by atoms with Crippen molar-refractivity contribution in [2.24, 2.45) is 0 Å². The molecule has 1 aromatic carbocycles. The van der Waals surface area contributed by atoms with E-state index in [1.807, 2.05) is 18.4 Å². The number of hydrogen-bond donors (Lipinski definition) is 2. The van der Waals surface area contributed by atoms with Gasteiger partial charge in [-0.1, -0.05) is 0 Å². The van der Waals surface area contributed by atoms with E-state index in [0.717, 1.165) is 4.90 Å². The number of hydrogen-bond acceptors (Lipinski definition) is 5. The Hall–Kier alpha value is -1.73. The van der Waals surface area contributed by atoms with Gasteiger partial charge in [-0.05, 0) is 36.6 Å². The molecule has 5 nitrogen and oxygen atoms in total. The molecular weight excluding hydrogens is 294 g/mol. The van der Waals surface area contributed by atoms with E-state index >= 15 is 0 Å². The van der Waals surface area contributed by atoms with Crippen molar-refractivity contribution < 1.29 is 8.42 Å². The quantitative estimate of drug-likeness (QED) is 0.831. The zero-order valence-electron chi connectivity index (χ0n) is 11.1. The van der Waals surface area contributed by atoms with E-state index in [1.54, 1.807) is 37.0 Å². The summed E-state index contributed by atoms with van der Waals surface area (Å²) >= 11 is 1.60. The molecule has 0 aliphatic heterocycles. The predicted octanol–water partition coefficient (Wildman–Crippen LogP) is 2.65. The van der Waals surface area contributed by atoms with Gasteiger partial charge in [0.05, 0.1) is 5.69 Å². The molecule has 106 valence electrons. The van der Waals surface area contributed by atoms with Crippen LogP contribution < -0.4 is 10.0 Å². The second-order valence-electron chi connectivity index (χ2n) is 3.96. The maximum atomic E-state index is 12.3. The topological polar surface area (TPSA) is 71.1 Å². The summed E-state index contributed by atoms with van der Waals surface area (Å²) in [6, 6.07) is 8.82. The summed E-state index contributed by atoms with van der Waals surface area (Å²) in [5.74, 6) is 0. The molecule has 0 saturated carbocycles. The summed E-state index contributed by atoms with van der Waals surface area (Å²) in [7, 11) is -1.99. The lowest BCUT2D eigenvalue weighted by atomic mass is 10.3. The molecule has 0 aliphatic carbocycles. The van der Waals surface area contributed by atoms with Crippen LogP contribution in [0, 0.1) is 0 Å². The first-order valence-corrected chi connectivity index (χ1v) is 8.56. The SMILES string of the molecule is CNc1ccncc1S(=O)(=O)Nc1ccc(SC)cc1. The van der Waals surface area contributed by atoms with Crippen molar-refractivity contribution in [3.8, 4) is 0 Å². The van der Waals surface area contributed by atoms with Crippen LogP contribution in [-0.4, -0.2) is 26.7 Å². The summed E-state index contributed by atoms with van der Waals surface area (Å²) in [5.41, 5.74) is 1.03. The molecule has 7 heteroatoms. The van der Waals surface area contributed by atoms with Gasteiger partial charge in [0.2, 0.25) is 0 Å². The van der Waals surface area contributed by atoms with Crippen LogP contribution in [0.3, 0.4) is 0 Å². The largest absolute Gasteiger partial charge is 0.387 e. The Kier molecular flexibility index (Phi) is 4.51. The molecule has 0 saturated heterocycles. The first-order chi connectivity index (χ1) is 9.56. The maximum absolute atomic E-state index is 12.3. The van der Waals surface area contributed by atoms with Gasteiger partial charge in [0, 0.05) is 30.0 Å². The van der Waals surface area contributed by atoms with Crippen molar-refractivity contribution in [3.05, 3.63) is 42.7 Å². The Morgan fingerprint density at radius 1 is 1.15 bits per heavy atom. The minimum Gasteiger partial charge on any atom is -0.387 e. The van der Waals surface area contributed by atoms with E-state index in [1.165, 1.54) is 12.4 Å². The molecule has 0 radical (unpaired) electrons. The number of anilines is 2. The highest BCUT2D eigenvalue weighted by molar-refractivity contribution is 7.98. The van der Waals surface area contributed by atoms with Gasteiger partial charge in [-0.15, -0.1) is 11.8 Å². The summed E-state index contributed by atoms with van der Waals surface area (Å²) in [4.78, 5) is 5.06. The number of nitrogens with one attached hydrogen (secondary N) is 2. The normalized spacial score (nSPS) is 11.1. The van der Waals surface area contributed by atoms with E-state index in [2.05, 4.69) is 15.0 Å². The molecular formula is C13H15N3O2S2. The van der Waals surface area contributed by atoms with Gasteiger partial charge in [0.15, 0.2) is 0 Å². The van der Waals surface area contributed by atoms with Gasteiger partial charge in [0.1, 0.15) is 4.90 Å². The first-order valence-electron chi connectivity index (χ1n) is 5.85. The van der Waals surface area contributed by atoms with Gasteiger partial charge in [-0.2, -0.15) is 0 Å². The van der Waals surface area contributed by atoms with Crippen molar-refractivity contribution in [1.82, 2.24) is 4.98 Å². The molecule has 20 heavy (non-hydrogen) atoms. The third kappa shape index (κ3) is 3.23. The number of nitrogens with zero attached hydrogens (tertiary/aromatic N) is 1. The van der Waals surface area contributed by atoms with Crippen LogP contribution in [-0.2, 0) is 10.0 Å². The second-order valence-corrected chi connectivity index (χ2v) is 6.49. The van der Waals surface area contributed by atoms with E-state index < -0.39 is 10.0 Å². The molecule has 0 atom stereocenters. The number of benzene rings is 1. The van der Waals surface area contributed by atoms with Gasteiger partial charge in [0.25, 0.3) is 10.0 Å². The van der Waals surface area contributed by atoms with E-state index in [4.69, 9.17) is 0 Å². The highest BCUT2D eigenvalue weighted by Crippen LogP contribution is 2.23. The highest BCUT2D eigenvalue weighted by atomic mass is 32.2. The summed E-state index contributed by atoms with van der Waals surface area (Å²) in [6.07, 6.45) is 4.83. The van der Waals surface area contributed by atoms with Crippen LogP contribution in [0.5, 0.6) is 0 Å². The van der Waals surface area contributed by atoms with Crippen molar-refractivity contribution in [3.63, 3.8) is 0 Å². The van der Waals surface area contributed by atoms with E-state index in [0.29, 0.717) is 11.4 Å². The molecule has 1 heterocycles. The fraction of sp³-hybridized carbons (Fsp3) is 0.154. The van der Waals surface area contributed by atoms with E-state index in [-0.39, 0.29) is 4.90 Å². The predicted molar refractivity (Wildman–Crippen MR) is 82.8 cm³/mol. The van der Waals surface area contributed by atoms with Crippen LogP contribution >= 0.6 is 11.8 Å². The van der Waals surface area contributed by atoms with Crippen LogP contribution in [0.4, 0.5) is 11.4 Å². The number of sulfonamides is 1. The van der Waals surface area contributed by atoms with Crippen molar-refractivity contribution in [2.45, 2.75) is 9.79 Å². The molecule has 2 rings (SSSR count). The van der Waals surface area contributed by atoms with Crippen LogP contribution in [0.2, 0.25) is 0 Å². The molecule has 0 bridgehead atoms. The number of pyridine rings is 1. The monoisotopic (exact) mass is 309 g/mol. The Labute approximate surface area is 122 Å². The van der Waals surface area contributed by atoms with Crippen LogP contribution in [0.15, 0.2) is 52.5 Å². The number of thioether (sulfide) groups is 1. The third-order valence-corrected chi connectivity index (χ3v) is 4.84. The fourth-order valence-electron chi connectivity index (χ4n) is 1.67. The van der Waals surface area contributed by atoms with Gasteiger partial charge < -0.3 is 5.32 Å². The zero-order valence-corrected chi connectivity index (χ0v) is 12.8. The summed E-state index contributed by atoms with van der Waals surface area (Å²) in [5, 5.41) is 2.84. The smallest absolute Gasteiger partial charge is 0.265 e. The molecule has 0 spiro atoms. The van der Waals surface area contributed by atoms with Crippen molar-refractivity contribution in [2.75, 3.05) is 23.3 Å². The minimum atomic E-state index is -3.66. The molecule has 1 aromatic heterocycles. The second kappa shape index (κ2) is 6.15. The van der Waals surface area contributed by atoms with Crippen molar-refractivity contribution >= 4 is 33.2 Å². The lowest BCUT2D eigenvalue weighted by Crippen LogP contribution is -2.15. The van der Waals surface area contributed by atoms with Gasteiger partial charge in [-0.3, -0.25) is 9.71 Å². The Bertz CT molecular complexity index is 685. The molecule has 2 aromatic rings. The van der Waals surface area contributed by atoms with Gasteiger partial charge in [-0.25, -0.2) is 8.42 Å². The average Bonchev–Trinajstić information content (AvgIpc) is 2.47. The molecule has 0 amide bonds. The minimum absolute atomic E-state index is 0.122. The first kappa shape index (κ1) is 14.7. The lowest BCUT2D eigenvalue weighted by Gasteiger charge is -2.11. The highest BCUT2D eigenvalue weighted by Gasteiger charge is 2.18. The average molecular weight is 309 g/mol. The molecule has 2 N–H and O–H groups in total. The third-order valence-electron chi connectivity index (χ3n) is 2.69. The van der Waals surface area contributed by atoms with Crippen molar-refractivity contribution in [1.29, 1.82) is 0 Å². The summed E-state index contributed by atoms with van der Waals surface area (Å²) < 4.78 is 27.2. The molecule has 0 unspecified atom stereocenters. The zero-order chi connectivity index (χ0) is 14.6. The molecule has 0 aliphatic rings. The lowest BCUT2D eigenvalue weighted by molar-refractivity contribution is 0.601.